The lowest BCUT2D eigenvalue weighted by molar-refractivity contribution is -0.137. The first-order chi connectivity index (χ1) is 38.3. The highest BCUT2D eigenvalue weighted by molar-refractivity contribution is 6.15. The number of ether oxygens (including phenoxy) is 1. The summed E-state index contributed by atoms with van der Waals surface area (Å²) in [5.74, 6) is -2.14. The molecule has 3 aliphatic heterocycles. The maximum atomic E-state index is 14.2. The smallest absolute Gasteiger partial charge is 0.409 e. The number of nitrogens with zero attached hydrogens (tertiary/aromatic N) is 4. The number of imide groups is 1. The van der Waals surface area contributed by atoms with Crippen LogP contribution in [0.15, 0.2) is 91.0 Å². The number of nitrogens with one attached hydrogen (secondary N) is 6. The fraction of sp³-hybridized carbons (Fsp3) is 0.404. The molecule has 1 atom stereocenters. The van der Waals surface area contributed by atoms with Crippen LogP contribution < -0.4 is 47.7 Å². The van der Waals surface area contributed by atoms with Gasteiger partial charge in [0.15, 0.2) is 0 Å². The number of benzene rings is 4. The van der Waals surface area contributed by atoms with Gasteiger partial charge in [-0.05, 0) is 112 Å². The van der Waals surface area contributed by atoms with E-state index in [0.29, 0.717) is 103 Å². The van der Waals surface area contributed by atoms with Crippen molar-refractivity contribution in [2.75, 3.05) is 101 Å². The largest absolute Gasteiger partial charge is 0.415 e. The molecular formula is C57H73ClN12O9. The van der Waals surface area contributed by atoms with E-state index in [2.05, 4.69) is 55.0 Å². The quantitative estimate of drug-likeness (QED) is 0.0255. The van der Waals surface area contributed by atoms with E-state index in [1.807, 2.05) is 31.3 Å². The van der Waals surface area contributed by atoms with Gasteiger partial charge in [-0.3, -0.25) is 38.5 Å². The van der Waals surface area contributed by atoms with Gasteiger partial charge in [0.1, 0.15) is 11.4 Å². The Morgan fingerprint density at radius 2 is 1.44 bits per heavy atom. The molecule has 8 amide bonds. The Labute approximate surface area is 465 Å². The van der Waals surface area contributed by atoms with Crippen molar-refractivity contribution < 1.29 is 43.1 Å². The third kappa shape index (κ3) is 16.9. The number of unbranched alkanes of at least 4 members (excludes halogenated alkanes) is 2. The number of hydrogen-bond donors (Lipinski definition) is 8. The number of anilines is 3. The topological polar surface area (TPSA) is 287 Å². The summed E-state index contributed by atoms with van der Waals surface area (Å²) in [6.45, 7) is 6.90. The zero-order chi connectivity index (χ0) is 56.8. The molecule has 79 heavy (non-hydrogen) atoms. The zero-order valence-corrected chi connectivity index (χ0v) is 45.9. The SMILES string of the molecule is CCCCN.CCl.CN1CCN(C(=O)Oc2cc3c(c4ccccc24)CCN3C(=O)c2cc3cc(NC(=O)c4ccc(NC(=O)CNC(=O)[C@H](CCCCN)NCCNC(=O)CCCN5C(=O)C=CC5=O)cc4)ccc3[nH]2)CC1. The third-order valence-corrected chi connectivity index (χ3v) is 13.5. The number of amides is 8. The standard InChI is InChI=1S/C52H59N11O9.C4H11N.CH3Cl/c1-60-25-27-61(28-26-60)52(71)72-44-31-43-38(37-7-2-3-8-39(37)44)19-24-62(43)51(70)42-30-34-29-36(15-16-40(34)59-42)58-49(68)33-11-13-35(14-12-33)57-46(65)32-56-50(69)41(9-4-5-20-53)54-21-22-55-45(64)10-6-23-63-47(66)17-18-48(63)67;1-2-3-4-5;1-2/h2-3,7-8,11-18,29-31,41,54,59H,4-6,9-10,19-28,32,53H2,1H3,(H,55,64)(H,56,69)(H,57,65)(H,58,68);2-5H2,1H3;1H3/t41-;;/m0../s1. The zero-order valence-electron chi connectivity index (χ0n) is 45.2. The lowest BCUT2D eigenvalue weighted by atomic mass is 10.0. The van der Waals surface area contributed by atoms with Crippen LogP contribution in [-0.2, 0) is 30.4 Å². The predicted molar refractivity (Wildman–Crippen MR) is 307 cm³/mol. The van der Waals surface area contributed by atoms with Gasteiger partial charge in [0.25, 0.3) is 23.6 Å². The lowest BCUT2D eigenvalue weighted by Crippen LogP contribution is -2.48. The van der Waals surface area contributed by atoms with E-state index in [9.17, 15) is 38.4 Å². The average Bonchev–Trinajstić information content (AvgIpc) is 4.41. The van der Waals surface area contributed by atoms with Gasteiger partial charge in [0, 0.05) is 117 Å². The molecule has 0 spiro atoms. The summed E-state index contributed by atoms with van der Waals surface area (Å²) in [4.78, 5) is 112. The molecule has 0 bridgehead atoms. The molecule has 0 saturated carbocycles. The van der Waals surface area contributed by atoms with Crippen molar-refractivity contribution in [2.24, 2.45) is 11.5 Å². The Hall–Kier alpha value is -7.69. The maximum Gasteiger partial charge on any atom is 0.415 e. The normalized spacial score (nSPS) is 14.2. The van der Waals surface area contributed by atoms with Gasteiger partial charge in [-0.25, -0.2) is 4.79 Å². The van der Waals surface area contributed by atoms with Crippen LogP contribution in [-0.4, -0.2) is 159 Å². The number of likely N-dealkylation sites (N-methyl/N-ethyl adjacent to an activating group) is 1. The van der Waals surface area contributed by atoms with Crippen molar-refractivity contribution in [1.29, 1.82) is 0 Å². The Kier molecular flexibility index (Phi) is 23.3. The van der Waals surface area contributed by atoms with Gasteiger partial charge in [0.2, 0.25) is 17.7 Å². The summed E-state index contributed by atoms with van der Waals surface area (Å²) in [6, 6.07) is 22.2. The number of aromatic nitrogens is 1. The van der Waals surface area contributed by atoms with Gasteiger partial charge in [-0.15, -0.1) is 11.6 Å². The molecule has 4 aromatic carbocycles. The third-order valence-electron chi connectivity index (χ3n) is 13.5. The number of piperazine rings is 1. The summed E-state index contributed by atoms with van der Waals surface area (Å²) >= 11 is 4.64. The number of fused-ring (bicyclic) bond motifs is 4. The van der Waals surface area contributed by atoms with Crippen molar-refractivity contribution in [3.63, 3.8) is 0 Å². The summed E-state index contributed by atoms with van der Waals surface area (Å²) in [5.41, 5.74) is 14.8. The summed E-state index contributed by atoms with van der Waals surface area (Å²) in [5, 5.41) is 16.6. The van der Waals surface area contributed by atoms with Crippen molar-refractivity contribution >= 4 is 97.8 Å². The monoisotopic (exact) mass is 1100 g/mol. The molecule has 1 fully saturated rings. The van der Waals surface area contributed by atoms with E-state index < -0.39 is 41.7 Å². The molecule has 0 unspecified atom stereocenters. The van der Waals surface area contributed by atoms with Crippen molar-refractivity contribution in [1.82, 2.24) is 35.6 Å². The van der Waals surface area contributed by atoms with Gasteiger partial charge >= 0.3 is 6.09 Å². The molecule has 422 valence electrons. The Morgan fingerprint density at radius 1 is 0.747 bits per heavy atom. The molecule has 0 radical (unpaired) electrons. The van der Waals surface area contributed by atoms with E-state index in [0.717, 1.165) is 40.9 Å². The number of aromatic amines is 1. The predicted octanol–water partition coefficient (Wildman–Crippen LogP) is 5.09. The van der Waals surface area contributed by atoms with Gasteiger partial charge in [0.05, 0.1) is 18.3 Å². The van der Waals surface area contributed by atoms with Crippen LogP contribution in [0.25, 0.3) is 21.7 Å². The number of H-pyrrole nitrogens is 1. The minimum Gasteiger partial charge on any atom is -0.409 e. The molecule has 4 heterocycles. The van der Waals surface area contributed by atoms with Crippen LogP contribution in [0.5, 0.6) is 5.75 Å². The summed E-state index contributed by atoms with van der Waals surface area (Å²) in [6.07, 6.45) is 8.75. The first-order valence-electron chi connectivity index (χ1n) is 26.7. The van der Waals surface area contributed by atoms with Crippen molar-refractivity contribution in [3.8, 4) is 5.75 Å². The molecule has 3 aliphatic rings. The number of rotatable bonds is 22. The van der Waals surface area contributed by atoms with Crippen LogP contribution in [0.3, 0.4) is 0 Å². The van der Waals surface area contributed by atoms with Gasteiger partial charge in [-0.2, -0.15) is 0 Å². The Morgan fingerprint density at radius 3 is 2.13 bits per heavy atom. The van der Waals surface area contributed by atoms with Crippen LogP contribution in [0.1, 0.15) is 78.3 Å². The molecular weight excluding hydrogens is 1030 g/mol. The maximum absolute atomic E-state index is 14.2. The van der Waals surface area contributed by atoms with E-state index in [1.54, 1.807) is 64.4 Å². The molecule has 21 nitrogen and oxygen atoms in total. The number of carbonyl (C=O) groups is 8. The molecule has 1 aromatic heterocycles. The second kappa shape index (κ2) is 30.5. The van der Waals surface area contributed by atoms with E-state index in [4.69, 9.17) is 16.2 Å². The molecule has 1 saturated heterocycles. The van der Waals surface area contributed by atoms with Crippen molar-refractivity contribution in [3.05, 3.63) is 108 Å². The van der Waals surface area contributed by atoms with Crippen molar-refractivity contribution in [2.45, 2.75) is 64.3 Å². The van der Waals surface area contributed by atoms with Gasteiger partial charge < -0.3 is 62.5 Å². The van der Waals surface area contributed by atoms with E-state index in [1.165, 1.54) is 31.4 Å². The molecule has 5 aromatic rings. The second-order valence-electron chi connectivity index (χ2n) is 19.1. The number of alkyl halides is 1. The first kappa shape index (κ1) is 60.5. The van der Waals surface area contributed by atoms with Crippen LogP contribution in [0.2, 0.25) is 0 Å². The molecule has 8 rings (SSSR count). The number of hydrogen-bond acceptors (Lipinski definition) is 13. The number of nitrogens with two attached hydrogens (primary N) is 2. The minimum absolute atomic E-state index is 0.124. The summed E-state index contributed by atoms with van der Waals surface area (Å²) in [7, 11) is 2.02. The van der Waals surface area contributed by atoms with E-state index in [-0.39, 0.29) is 44.4 Å². The highest BCUT2D eigenvalue weighted by atomic mass is 35.5. The molecule has 0 aliphatic carbocycles. The highest BCUT2D eigenvalue weighted by Crippen LogP contribution is 2.41. The van der Waals surface area contributed by atoms with Crippen LogP contribution in [0, 0.1) is 0 Å². The number of carbonyl (C=O) groups excluding carboxylic acids is 8. The van der Waals surface area contributed by atoms with Gasteiger partial charge in [-0.1, -0.05) is 44.0 Å². The Bertz CT molecular complexity index is 2960. The fourth-order valence-electron chi connectivity index (χ4n) is 9.16. The Balaban J connectivity index is 0.00000136. The second-order valence-corrected chi connectivity index (χ2v) is 19.1. The molecule has 10 N–H and O–H groups in total. The lowest BCUT2D eigenvalue weighted by Gasteiger charge is -2.31. The van der Waals surface area contributed by atoms with Crippen LogP contribution in [0.4, 0.5) is 21.9 Å². The number of halogens is 1. The fourth-order valence-corrected chi connectivity index (χ4v) is 9.16. The highest BCUT2D eigenvalue weighted by Gasteiger charge is 2.31. The minimum atomic E-state index is -0.641. The first-order valence-corrected chi connectivity index (χ1v) is 27.5. The average molecular weight is 1110 g/mol. The van der Waals surface area contributed by atoms with E-state index >= 15 is 0 Å². The summed E-state index contributed by atoms with van der Waals surface area (Å²) < 4.78 is 6.01. The molecule has 22 heteroatoms. The van der Waals surface area contributed by atoms with Crippen LogP contribution >= 0.6 is 11.6 Å².